The monoisotopic (exact) mass is 343 g/mol. The summed E-state index contributed by atoms with van der Waals surface area (Å²) in [6.07, 6.45) is 0. The first-order valence-corrected chi connectivity index (χ1v) is 8.81. The topological polar surface area (TPSA) is 47.6 Å². The Labute approximate surface area is 146 Å². The van der Waals surface area contributed by atoms with Crippen LogP contribution in [0.25, 0.3) is 0 Å². The van der Waals surface area contributed by atoms with Crippen LogP contribution in [0.4, 0.5) is 0 Å². The first kappa shape index (κ1) is 16.7. The van der Waals surface area contributed by atoms with Crippen LogP contribution in [0.1, 0.15) is 23.6 Å². The molecule has 0 radical (unpaired) electrons. The summed E-state index contributed by atoms with van der Waals surface area (Å²) in [5, 5.41) is 2.83. The summed E-state index contributed by atoms with van der Waals surface area (Å²) >= 11 is 1.59. The van der Waals surface area contributed by atoms with E-state index < -0.39 is 0 Å². The predicted octanol–water partition coefficient (Wildman–Crippen LogP) is 3.83. The van der Waals surface area contributed by atoms with Gasteiger partial charge in [0.15, 0.2) is 11.5 Å². The van der Waals surface area contributed by atoms with Gasteiger partial charge < -0.3 is 14.8 Å². The molecule has 0 saturated heterocycles. The Morgan fingerprint density at radius 1 is 1.17 bits per heavy atom. The maximum absolute atomic E-state index is 12.3. The Morgan fingerprint density at radius 3 is 2.75 bits per heavy atom. The number of carbonyl (C=O) groups excluding carboxylic acids is 1. The minimum Gasteiger partial charge on any atom is -0.454 e. The van der Waals surface area contributed by atoms with Crippen LogP contribution in [0.2, 0.25) is 0 Å². The zero-order valence-electron chi connectivity index (χ0n) is 14.1. The molecule has 1 atom stereocenters. The van der Waals surface area contributed by atoms with Crippen LogP contribution in [-0.2, 0) is 11.3 Å². The fourth-order valence-electron chi connectivity index (χ4n) is 2.56. The van der Waals surface area contributed by atoms with E-state index in [2.05, 4.69) is 37.4 Å². The highest BCUT2D eigenvalue weighted by Crippen LogP contribution is 2.32. The van der Waals surface area contributed by atoms with Crippen LogP contribution in [0, 0.1) is 13.8 Å². The fourth-order valence-corrected chi connectivity index (χ4v) is 3.52. The highest BCUT2D eigenvalue weighted by molar-refractivity contribution is 8.00. The molecule has 0 aromatic heterocycles. The molecule has 5 heteroatoms. The Morgan fingerprint density at radius 2 is 1.96 bits per heavy atom. The van der Waals surface area contributed by atoms with Crippen molar-refractivity contribution in [2.45, 2.75) is 37.5 Å². The molecule has 1 heterocycles. The average Bonchev–Trinajstić information content (AvgIpc) is 3.02. The van der Waals surface area contributed by atoms with E-state index in [1.165, 1.54) is 11.1 Å². The van der Waals surface area contributed by atoms with Gasteiger partial charge in [-0.3, -0.25) is 4.79 Å². The molecule has 1 unspecified atom stereocenters. The molecule has 0 saturated carbocycles. The molecule has 1 aliphatic heterocycles. The van der Waals surface area contributed by atoms with Crippen LogP contribution < -0.4 is 14.8 Å². The van der Waals surface area contributed by atoms with E-state index in [1.54, 1.807) is 11.8 Å². The van der Waals surface area contributed by atoms with Gasteiger partial charge in [-0.1, -0.05) is 23.8 Å². The molecule has 1 N–H and O–H groups in total. The minimum absolute atomic E-state index is 0.0256. The van der Waals surface area contributed by atoms with Gasteiger partial charge >= 0.3 is 0 Å². The molecule has 126 valence electrons. The molecular formula is C19H21NO3S. The number of hydrogen-bond acceptors (Lipinski definition) is 4. The van der Waals surface area contributed by atoms with Gasteiger partial charge in [0.25, 0.3) is 0 Å². The van der Waals surface area contributed by atoms with Crippen molar-refractivity contribution >= 4 is 17.7 Å². The van der Waals surface area contributed by atoms with Crippen molar-refractivity contribution in [2.24, 2.45) is 0 Å². The lowest BCUT2D eigenvalue weighted by Gasteiger charge is -2.14. The molecule has 24 heavy (non-hydrogen) atoms. The zero-order valence-corrected chi connectivity index (χ0v) is 14.9. The maximum Gasteiger partial charge on any atom is 0.233 e. The van der Waals surface area contributed by atoms with E-state index in [-0.39, 0.29) is 18.0 Å². The second-order valence-corrected chi connectivity index (χ2v) is 7.32. The van der Waals surface area contributed by atoms with Crippen LogP contribution in [0.15, 0.2) is 41.3 Å². The second kappa shape index (κ2) is 7.18. The van der Waals surface area contributed by atoms with Crippen molar-refractivity contribution in [3.05, 3.63) is 53.1 Å². The van der Waals surface area contributed by atoms with E-state index in [1.807, 2.05) is 25.1 Å². The number of benzene rings is 2. The van der Waals surface area contributed by atoms with Gasteiger partial charge in [0.05, 0.1) is 5.25 Å². The molecule has 0 spiro atoms. The molecule has 4 nitrogen and oxygen atoms in total. The van der Waals surface area contributed by atoms with Crippen molar-refractivity contribution in [1.29, 1.82) is 0 Å². The summed E-state index contributed by atoms with van der Waals surface area (Å²) in [7, 11) is 0. The molecule has 0 fully saturated rings. The largest absolute Gasteiger partial charge is 0.454 e. The van der Waals surface area contributed by atoms with Gasteiger partial charge in [-0.2, -0.15) is 0 Å². The van der Waals surface area contributed by atoms with Crippen LogP contribution in [-0.4, -0.2) is 18.0 Å². The van der Waals surface area contributed by atoms with E-state index >= 15 is 0 Å². The Hall–Kier alpha value is -2.14. The number of amides is 1. The third-order valence-electron chi connectivity index (χ3n) is 3.91. The number of ether oxygens (including phenoxy) is 2. The van der Waals surface area contributed by atoms with Gasteiger partial charge in [-0.15, -0.1) is 11.8 Å². The van der Waals surface area contributed by atoms with Gasteiger partial charge in [0.2, 0.25) is 12.7 Å². The molecule has 2 aromatic rings. The number of thioether (sulfide) groups is 1. The number of rotatable bonds is 5. The third kappa shape index (κ3) is 3.85. The molecule has 2 aromatic carbocycles. The lowest BCUT2D eigenvalue weighted by atomic mass is 10.2. The van der Waals surface area contributed by atoms with E-state index in [9.17, 15) is 4.79 Å². The third-order valence-corrected chi connectivity index (χ3v) is 5.19. The molecule has 3 rings (SSSR count). The van der Waals surface area contributed by atoms with Gasteiger partial charge in [-0.05, 0) is 50.1 Å². The smallest absolute Gasteiger partial charge is 0.233 e. The van der Waals surface area contributed by atoms with E-state index in [0.717, 1.165) is 22.0 Å². The first-order valence-electron chi connectivity index (χ1n) is 7.93. The van der Waals surface area contributed by atoms with Crippen molar-refractivity contribution < 1.29 is 14.3 Å². The number of fused-ring (bicyclic) bond motifs is 1. The molecule has 1 amide bonds. The van der Waals surface area contributed by atoms with Crippen LogP contribution in [0.5, 0.6) is 11.5 Å². The normalized spacial score (nSPS) is 13.6. The quantitative estimate of drug-likeness (QED) is 0.838. The lowest BCUT2D eigenvalue weighted by Crippen LogP contribution is -2.30. The highest BCUT2D eigenvalue weighted by atomic mass is 32.2. The summed E-state index contributed by atoms with van der Waals surface area (Å²) in [5.74, 6) is 1.51. The van der Waals surface area contributed by atoms with Gasteiger partial charge in [0.1, 0.15) is 0 Å². The Kier molecular flexibility index (Phi) is 5.00. The van der Waals surface area contributed by atoms with Crippen molar-refractivity contribution in [3.63, 3.8) is 0 Å². The summed E-state index contributed by atoms with van der Waals surface area (Å²) in [5.41, 5.74) is 3.43. The summed E-state index contributed by atoms with van der Waals surface area (Å²) in [6, 6.07) is 12.0. The Balaban J connectivity index is 1.56. The maximum atomic E-state index is 12.3. The molecular weight excluding hydrogens is 322 g/mol. The zero-order chi connectivity index (χ0) is 17.1. The first-order chi connectivity index (χ1) is 11.5. The lowest BCUT2D eigenvalue weighted by molar-refractivity contribution is -0.120. The predicted molar refractivity (Wildman–Crippen MR) is 95.6 cm³/mol. The van der Waals surface area contributed by atoms with Crippen LogP contribution in [0.3, 0.4) is 0 Å². The van der Waals surface area contributed by atoms with Gasteiger partial charge in [0, 0.05) is 11.4 Å². The minimum atomic E-state index is -0.152. The summed E-state index contributed by atoms with van der Waals surface area (Å²) < 4.78 is 10.6. The standard InChI is InChI=1S/C19H21NO3S/c1-12-4-7-18(13(2)8-12)24-14(3)19(21)20-10-15-5-6-16-17(9-15)23-11-22-16/h4-9,14H,10-11H2,1-3H3,(H,20,21). The van der Waals surface area contributed by atoms with Crippen molar-refractivity contribution in [3.8, 4) is 11.5 Å². The number of nitrogens with one attached hydrogen (secondary N) is 1. The van der Waals surface area contributed by atoms with E-state index in [0.29, 0.717) is 6.54 Å². The van der Waals surface area contributed by atoms with E-state index in [4.69, 9.17) is 9.47 Å². The van der Waals surface area contributed by atoms with Gasteiger partial charge in [-0.25, -0.2) is 0 Å². The fraction of sp³-hybridized carbons (Fsp3) is 0.316. The van der Waals surface area contributed by atoms with Crippen LogP contribution >= 0.6 is 11.8 Å². The molecule has 0 aliphatic carbocycles. The number of carbonyl (C=O) groups is 1. The summed E-state index contributed by atoms with van der Waals surface area (Å²) in [6.45, 7) is 6.82. The van der Waals surface area contributed by atoms with Crippen molar-refractivity contribution in [1.82, 2.24) is 5.32 Å². The molecule has 0 bridgehead atoms. The number of hydrogen-bond donors (Lipinski definition) is 1. The number of aryl methyl sites for hydroxylation is 2. The molecule has 1 aliphatic rings. The average molecular weight is 343 g/mol. The second-order valence-electron chi connectivity index (χ2n) is 5.93. The SMILES string of the molecule is Cc1ccc(SC(C)C(=O)NCc2ccc3c(c2)OCO3)c(C)c1. The highest BCUT2D eigenvalue weighted by Gasteiger charge is 2.17. The van der Waals surface area contributed by atoms with Crippen molar-refractivity contribution in [2.75, 3.05) is 6.79 Å². The summed E-state index contributed by atoms with van der Waals surface area (Å²) in [4.78, 5) is 13.5. The Bertz CT molecular complexity index is 760.